The number of carbonyl (C=O) groups excluding carboxylic acids is 1. The zero-order chi connectivity index (χ0) is 14.0. The molecule has 0 saturated carbocycles. The first-order valence-electron chi connectivity index (χ1n) is 5.75. The van der Waals surface area contributed by atoms with Crippen molar-refractivity contribution in [3.05, 3.63) is 29.8 Å². The Morgan fingerprint density at radius 1 is 1.37 bits per heavy atom. The largest absolute Gasteiger partial charge is 0.480 e. The number of rotatable bonds is 2. The summed E-state index contributed by atoms with van der Waals surface area (Å²) in [7, 11) is 0. The van der Waals surface area contributed by atoms with Gasteiger partial charge in [0.05, 0.1) is 5.69 Å². The molecule has 1 aliphatic rings. The molecule has 2 amide bonds. The molecule has 102 valence electrons. The maximum absolute atomic E-state index is 13.4. The zero-order valence-electron chi connectivity index (χ0n) is 9.90. The van der Waals surface area contributed by atoms with Gasteiger partial charge in [-0.15, -0.1) is 0 Å². The number of carbonyl (C=O) groups is 2. The molecule has 19 heavy (non-hydrogen) atoms. The second kappa shape index (κ2) is 5.21. The van der Waals surface area contributed by atoms with E-state index in [-0.39, 0.29) is 12.2 Å². The van der Waals surface area contributed by atoms with Crippen LogP contribution in [0.3, 0.4) is 0 Å². The summed E-state index contributed by atoms with van der Waals surface area (Å²) in [6.07, 6.45) is 0.921. The number of carboxylic acids is 1. The van der Waals surface area contributed by atoms with E-state index in [1.807, 2.05) is 0 Å². The summed E-state index contributed by atoms with van der Waals surface area (Å²) in [5.41, 5.74) is -0.305. The normalized spacial score (nSPS) is 18.4. The summed E-state index contributed by atoms with van der Waals surface area (Å²) in [5, 5.41) is 11.1. The molecule has 7 heteroatoms. The number of halogens is 2. The molecule has 1 saturated heterocycles. The van der Waals surface area contributed by atoms with Crippen molar-refractivity contribution in [1.29, 1.82) is 0 Å². The molecule has 1 atom stereocenters. The van der Waals surface area contributed by atoms with E-state index in [1.165, 1.54) is 12.1 Å². The second-order valence-corrected chi connectivity index (χ2v) is 4.22. The third-order valence-corrected chi connectivity index (χ3v) is 2.99. The molecule has 2 N–H and O–H groups in total. The number of hydrogen-bond acceptors (Lipinski definition) is 2. The van der Waals surface area contributed by atoms with E-state index in [2.05, 4.69) is 5.32 Å². The van der Waals surface area contributed by atoms with Gasteiger partial charge in [-0.05, 0) is 25.0 Å². The number of likely N-dealkylation sites (tertiary alicyclic amines) is 1. The maximum Gasteiger partial charge on any atom is 0.326 e. The van der Waals surface area contributed by atoms with Gasteiger partial charge in [0.25, 0.3) is 0 Å². The van der Waals surface area contributed by atoms with E-state index in [0.29, 0.717) is 12.8 Å². The van der Waals surface area contributed by atoms with E-state index >= 15 is 0 Å². The fourth-order valence-corrected chi connectivity index (χ4v) is 2.05. The van der Waals surface area contributed by atoms with Crippen LogP contribution in [0.2, 0.25) is 0 Å². The molecule has 1 aromatic rings. The molecule has 1 heterocycles. The Balaban J connectivity index is 2.13. The fraction of sp³-hybridized carbons (Fsp3) is 0.333. The molecule has 2 rings (SSSR count). The van der Waals surface area contributed by atoms with Crippen molar-refractivity contribution in [2.45, 2.75) is 18.9 Å². The zero-order valence-corrected chi connectivity index (χ0v) is 9.90. The van der Waals surface area contributed by atoms with Crippen molar-refractivity contribution >= 4 is 17.7 Å². The summed E-state index contributed by atoms with van der Waals surface area (Å²) in [4.78, 5) is 23.9. The van der Waals surface area contributed by atoms with Crippen molar-refractivity contribution in [3.8, 4) is 0 Å². The Morgan fingerprint density at radius 2 is 2.11 bits per heavy atom. The fourth-order valence-electron chi connectivity index (χ4n) is 2.05. The lowest BCUT2D eigenvalue weighted by Crippen LogP contribution is -2.42. The van der Waals surface area contributed by atoms with Gasteiger partial charge in [-0.2, -0.15) is 0 Å². The highest BCUT2D eigenvalue weighted by Crippen LogP contribution is 2.21. The molecule has 5 nitrogen and oxygen atoms in total. The van der Waals surface area contributed by atoms with Crippen LogP contribution in [-0.4, -0.2) is 34.6 Å². The first kappa shape index (κ1) is 13.3. The highest BCUT2D eigenvalue weighted by Gasteiger charge is 2.34. The maximum atomic E-state index is 13.4. The standard InChI is InChI=1S/C12H12F2N2O3/c13-7-3-1-4-8(10(7)14)15-12(19)16-6-2-5-9(16)11(17)18/h1,3-4,9H,2,5-6H2,(H,15,19)(H,17,18)/t9-/m1/s1. The van der Waals surface area contributed by atoms with Crippen molar-refractivity contribution in [2.75, 3.05) is 11.9 Å². The van der Waals surface area contributed by atoms with E-state index in [0.717, 1.165) is 11.0 Å². The Labute approximate surface area is 107 Å². The number of hydrogen-bond donors (Lipinski definition) is 2. The molecule has 1 fully saturated rings. The Kier molecular flexibility index (Phi) is 3.64. The van der Waals surface area contributed by atoms with Crippen molar-refractivity contribution in [2.24, 2.45) is 0 Å². The number of urea groups is 1. The summed E-state index contributed by atoms with van der Waals surface area (Å²) in [6.45, 7) is 0.278. The number of nitrogens with one attached hydrogen (secondary N) is 1. The van der Waals surface area contributed by atoms with E-state index < -0.39 is 29.7 Å². The van der Waals surface area contributed by atoms with Crippen molar-refractivity contribution in [1.82, 2.24) is 4.90 Å². The lowest BCUT2D eigenvalue weighted by molar-refractivity contribution is -0.141. The molecule has 0 aromatic heterocycles. The highest BCUT2D eigenvalue weighted by molar-refractivity contribution is 5.92. The lowest BCUT2D eigenvalue weighted by atomic mass is 10.2. The molecular weight excluding hydrogens is 258 g/mol. The van der Waals surface area contributed by atoms with Gasteiger partial charge in [-0.25, -0.2) is 18.4 Å². The number of anilines is 1. The minimum Gasteiger partial charge on any atom is -0.480 e. The van der Waals surface area contributed by atoms with Crippen LogP contribution in [0, 0.1) is 11.6 Å². The van der Waals surface area contributed by atoms with Gasteiger partial charge in [-0.3, -0.25) is 0 Å². The van der Waals surface area contributed by atoms with Gasteiger partial charge in [-0.1, -0.05) is 6.07 Å². The first-order valence-corrected chi connectivity index (χ1v) is 5.75. The molecule has 0 spiro atoms. The summed E-state index contributed by atoms with van der Waals surface area (Å²) < 4.78 is 26.4. The molecule has 1 aromatic carbocycles. The number of nitrogens with zero attached hydrogens (tertiary/aromatic N) is 1. The second-order valence-electron chi connectivity index (χ2n) is 4.22. The Morgan fingerprint density at radius 3 is 2.79 bits per heavy atom. The Bertz CT molecular complexity index is 522. The molecule has 0 unspecified atom stereocenters. The average Bonchev–Trinajstić information content (AvgIpc) is 2.84. The molecule has 0 bridgehead atoms. The van der Waals surface area contributed by atoms with Gasteiger partial charge in [0.15, 0.2) is 11.6 Å². The molecule has 1 aliphatic heterocycles. The highest BCUT2D eigenvalue weighted by atomic mass is 19.2. The van der Waals surface area contributed by atoms with Gasteiger partial charge in [0, 0.05) is 6.54 Å². The van der Waals surface area contributed by atoms with Crippen molar-refractivity contribution in [3.63, 3.8) is 0 Å². The summed E-state index contributed by atoms with van der Waals surface area (Å²) in [6, 6.07) is 1.74. The lowest BCUT2D eigenvalue weighted by Gasteiger charge is -2.21. The third-order valence-electron chi connectivity index (χ3n) is 2.99. The number of amides is 2. The monoisotopic (exact) mass is 270 g/mol. The van der Waals surface area contributed by atoms with Gasteiger partial charge in [0.2, 0.25) is 0 Å². The van der Waals surface area contributed by atoms with Crippen molar-refractivity contribution < 1.29 is 23.5 Å². The van der Waals surface area contributed by atoms with Crippen LogP contribution in [0.15, 0.2) is 18.2 Å². The number of aliphatic carboxylic acids is 1. The average molecular weight is 270 g/mol. The minimum atomic E-state index is -1.16. The van der Waals surface area contributed by atoms with Crippen LogP contribution in [0.5, 0.6) is 0 Å². The molecule has 0 aliphatic carbocycles. The summed E-state index contributed by atoms with van der Waals surface area (Å²) in [5.74, 6) is -3.34. The van der Waals surface area contributed by atoms with Gasteiger partial charge < -0.3 is 15.3 Å². The van der Waals surface area contributed by atoms with Crippen LogP contribution in [0.25, 0.3) is 0 Å². The third kappa shape index (κ3) is 2.64. The quantitative estimate of drug-likeness (QED) is 0.864. The van der Waals surface area contributed by atoms with Crippen LogP contribution < -0.4 is 5.32 Å². The van der Waals surface area contributed by atoms with E-state index in [1.54, 1.807) is 0 Å². The van der Waals surface area contributed by atoms with E-state index in [9.17, 15) is 18.4 Å². The molecular formula is C12H12F2N2O3. The first-order chi connectivity index (χ1) is 9.00. The van der Waals surface area contributed by atoms with Crippen LogP contribution in [0.1, 0.15) is 12.8 Å². The number of benzene rings is 1. The SMILES string of the molecule is O=C(O)[C@H]1CCCN1C(=O)Nc1cccc(F)c1F. The van der Waals surface area contributed by atoms with Gasteiger partial charge >= 0.3 is 12.0 Å². The predicted octanol–water partition coefficient (Wildman–Crippen LogP) is 2.05. The van der Waals surface area contributed by atoms with E-state index in [4.69, 9.17) is 5.11 Å². The summed E-state index contributed by atoms with van der Waals surface area (Å²) >= 11 is 0. The Hall–Kier alpha value is -2.18. The minimum absolute atomic E-state index is 0.278. The smallest absolute Gasteiger partial charge is 0.326 e. The predicted molar refractivity (Wildman–Crippen MR) is 62.7 cm³/mol. The van der Waals surface area contributed by atoms with Crippen LogP contribution in [0.4, 0.5) is 19.3 Å². The molecule has 0 radical (unpaired) electrons. The number of carboxylic acid groups (broad SMARTS) is 1. The van der Waals surface area contributed by atoms with Gasteiger partial charge in [0.1, 0.15) is 6.04 Å². The van der Waals surface area contributed by atoms with Crippen LogP contribution >= 0.6 is 0 Å². The van der Waals surface area contributed by atoms with Crippen LogP contribution in [-0.2, 0) is 4.79 Å². The topological polar surface area (TPSA) is 69.6 Å².